The Hall–Kier alpha value is -4.13. The quantitative estimate of drug-likeness (QED) is 0.446. The summed E-state index contributed by atoms with van der Waals surface area (Å²) >= 11 is 0. The van der Waals surface area contributed by atoms with Crippen LogP contribution < -0.4 is 10.6 Å². The van der Waals surface area contributed by atoms with Gasteiger partial charge in [-0.25, -0.2) is 4.79 Å². The van der Waals surface area contributed by atoms with Crippen molar-refractivity contribution >= 4 is 18.0 Å². The lowest BCUT2D eigenvalue weighted by molar-refractivity contribution is -0.137. The van der Waals surface area contributed by atoms with Crippen molar-refractivity contribution in [3.63, 3.8) is 0 Å². The Morgan fingerprint density at radius 3 is 2.03 bits per heavy atom. The van der Waals surface area contributed by atoms with Crippen LogP contribution in [0, 0.1) is 6.92 Å². The first kappa shape index (κ1) is 24.0. The maximum absolute atomic E-state index is 13.0. The molecule has 7 nitrogen and oxygen atoms in total. The summed E-state index contributed by atoms with van der Waals surface area (Å²) in [5.41, 5.74) is 6.02. The van der Waals surface area contributed by atoms with Crippen molar-refractivity contribution in [3.8, 4) is 11.1 Å². The highest BCUT2D eigenvalue weighted by molar-refractivity contribution is 5.87. The maximum atomic E-state index is 13.0. The third-order valence-corrected chi connectivity index (χ3v) is 6.15. The number of benzene rings is 3. The van der Waals surface area contributed by atoms with Gasteiger partial charge in [-0.1, -0.05) is 78.4 Å². The fourth-order valence-electron chi connectivity index (χ4n) is 4.46. The highest BCUT2D eigenvalue weighted by Gasteiger charge is 2.30. The largest absolute Gasteiger partial charge is 0.481 e. The normalized spacial score (nSPS) is 13.8. The molecule has 2 atom stereocenters. The average Bonchev–Trinajstić information content (AvgIpc) is 3.15. The van der Waals surface area contributed by atoms with Crippen LogP contribution in [0.1, 0.15) is 47.6 Å². The van der Waals surface area contributed by atoms with Crippen LogP contribution in [-0.4, -0.2) is 35.7 Å². The fraction of sp³-hybridized carbons (Fsp3) is 0.250. The Morgan fingerprint density at radius 1 is 0.886 bits per heavy atom. The number of rotatable bonds is 8. The van der Waals surface area contributed by atoms with Gasteiger partial charge in [0, 0.05) is 12.0 Å². The third kappa shape index (κ3) is 5.51. The van der Waals surface area contributed by atoms with E-state index in [1.54, 1.807) is 19.1 Å². The van der Waals surface area contributed by atoms with E-state index in [1.165, 1.54) is 0 Å². The van der Waals surface area contributed by atoms with Crippen molar-refractivity contribution in [1.29, 1.82) is 0 Å². The Morgan fingerprint density at radius 2 is 1.46 bits per heavy atom. The zero-order valence-electron chi connectivity index (χ0n) is 19.7. The summed E-state index contributed by atoms with van der Waals surface area (Å²) in [7, 11) is 0. The molecule has 0 saturated heterocycles. The van der Waals surface area contributed by atoms with Gasteiger partial charge >= 0.3 is 12.1 Å². The standard InChI is InChI=1S/C28H28N2O5/c1-17-11-13-19(14-12-17)26(27(33)29-18(2)15-25(31)32)30-28(34)35-16-24-22-9-5-3-7-20(22)21-8-4-6-10-23(21)24/h3-14,18,24,26H,15-16H2,1-2H3,(H,29,33)(H,30,34)(H,31,32). The fourth-order valence-corrected chi connectivity index (χ4v) is 4.46. The lowest BCUT2D eigenvalue weighted by Gasteiger charge is -2.22. The minimum absolute atomic E-state index is 0.101. The van der Waals surface area contributed by atoms with Crippen LogP contribution in [0.2, 0.25) is 0 Å². The second-order valence-electron chi connectivity index (χ2n) is 8.82. The molecule has 0 fully saturated rings. The number of nitrogens with one attached hydrogen (secondary N) is 2. The number of carboxylic acid groups (broad SMARTS) is 1. The van der Waals surface area contributed by atoms with E-state index in [2.05, 4.69) is 22.8 Å². The van der Waals surface area contributed by atoms with E-state index in [9.17, 15) is 14.4 Å². The molecule has 0 spiro atoms. The van der Waals surface area contributed by atoms with Crippen LogP contribution in [0.15, 0.2) is 72.8 Å². The van der Waals surface area contributed by atoms with E-state index < -0.39 is 30.1 Å². The number of aliphatic carboxylic acids is 1. The van der Waals surface area contributed by atoms with Gasteiger partial charge in [0.1, 0.15) is 12.6 Å². The van der Waals surface area contributed by atoms with Gasteiger partial charge in [-0.15, -0.1) is 0 Å². The maximum Gasteiger partial charge on any atom is 0.408 e. The van der Waals surface area contributed by atoms with Crippen molar-refractivity contribution < 1.29 is 24.2 Å². The van der Waals surface area contributed by atoms with Crippen molar-refractivity contribution in [2.45, 2.75) is 38.3 Å². The van der Waals surface area contributed by atoms with Crippen molar-refractivity contribution in [3.05, 3.63) is 95.1 Å². The molecule has 0 bridgehead atoms. The van der Waals surface area contributed by atoms with E-state index in [1.807, 2.05) is 55.5 Å². The minimum Gasteiger partial charge on any atom is -0.481 e. The van der Waals surface area contributed by atoms with Crippen LogP contribution in [0.5, 0.6) is 0 Å². The van der Waals surface area contributed by atoms with Gasteiger partial charge in [-0.3, -0.25) is 9.59 Å². The molecular weight excluding hydrogens is 444 g/mol. The third-order valence-electron chi connectivity index (χ3n) is 6.15. The molecule has 3 aromatic rings. The monoisotopic (exact) mass is 472 g/mol. The van der Waals surface area contributed by atoms with Gasteiger partial charge in [0.25, 0.3) is 0 Å². The molecule has 35 heavy (non-hydrogen) atoms. The molecule has 1 aliphatic rings. The number of aryl methyl sites for hydroxylation is 1. The lowest BCUT2D eigenvalue weighted by atomic mass is 9.98. The number of ether oxygens (including phenoxy) is 1. The van der Waals surface area contributed by atoms with Crippen LogP contribution in [-0.2, 0) is 14.3 Å². The molecular formula is C28H28N2O5. The average molecular weight is 473 g/mol. The molecule has 3 N–H and O–H groups in total. The summed E-state index contributed by atoms with van der Waals surface area (Å²) in [5, 5.41) is 14.3. The molecule has 1 aliphatic carbocycles. The predicted octanol–water partition coefficient (Wildman–Crippen LogP) is 4.55. The molecule has 0 radical (unpaired) electrons. The Labute approximate surface area is 204 Å². The van der Waals surface area contributed by atoms with E-state index >= 15 is 0 Å². The van der Waals surface area contributed by atoms with Crippen LogP contribution in [0.4, 0.5) is 4.79 Å². The van der Waals surface area contributed by atoms with Crippen LogP contribution in [0.3, 0.4) is 0 Å². The second-order valence-corrected chi connectivity index (χ2v) is 8.82. The number of fused-ring (bicyclic) bond motifs is 3. The summed E-state index contributed by atoms with van der Waals surface area (Å²) in [6, 6.07) is 21.7. The minimum atomic E-state index is -1.03. The van der Waals surface area contributed by atoms with Gasteiger partial charge in [-0.2, -0.15) is 0 Å². The van der Waals surface area contributed by atoms with Gasteiger partial charge in [0.05, 0.1) is 6.42 Å². The summed E-state index contributed by atoms with van der Waals surface area (Å²) < 4.78 is 5.61. The zero-order chi connectivity index (χ0) is 24.9. The van der Waals surface area contributed by atoms with Crippen LogP contribution in [0.25, 0.3) is 11.1 Å². The highest BCUT2D eigenvalue weighted by Crippen LogP contribution is 2.44. The van der Waals surface area contributed by atoms with Crippen LogP contribution >= 0.6 is 0 Å². The SMILES string of the molecule is Cc1ccc(C(NC(=O)OCC2c3ccccc3-c3ccccc32)C(=O)NC(C)CC(=O)O)cc1. The molecule has 0 aromatic heterocycles. The van der Waals surface area contributed by atoms with Gasteiger partial charge < -0.3 is 20.5 Å². The van der Waals surface area contributed by atoms with E-state index in [-0.39, 0.29) is 18.9 Å². The highest BCUT2D eigenvalue weighted by atomic mass is 16.5. The molecule has 7 heteroatoms. The number of hydrogen-bond donors (Lipinski definition) is 3. The Kier molecular flexibility index (Phi) is 7.15. The first-order valence-electron chi connectivity index (χ1n) is 11.5. The zero-order valence-corrected chi connectivity index (χ0v) is 19.7. The molecule has 0 saturated carbocycles. The first-order valence-corrected chi connectivity index (χ1v) is 11.5. The predicted molar refractivity (Wildman–Crippen MR) is 132 cm³/mol. The second kappa shape index (κ2) is 10.4. The lowest BCUT2D eigenvalue weighted by Crippen LogP contribution is -2.44. The molecule has 2 amide bonds. The molecule has 3 aromatic carbocycles. The number of carboxylic acids is 1. The summed E-state index contributed by atoms with van der Waals surface area (Å²) in [5.74, 6) is -1.62. The molecule has 2 unspecified atom stereocenters. The number of carbonyl (C=O) groups is 3. The molecule has 0 heterocycles. The summed E-state index contributed by atoms with van der Waals surface area (Å²) in [6.45, 7) is 3.65. The number of alkyl carbamates (subject to hydrolysis) is 1. The first-order chi connectivity index (χ1) is 16.8. The van der Waals surface area contributed by atoms with Crippen molar-refractivity contribution in [2.75, 3.05) is 6.61 Å². The van der Waals surface area contributed by atoms with E-state index in [4.69, 9.17) is 9.84 Å². The van der Waals surface area contributed by atoms with E-state index in [0.717, 1.165) is 27.8 Å². The number of carbonyl (C=O) groups excluding carboxylic acids is 2. The summed E-state index contributed by atoms with van der Waals surface area (Å²) in [6.07, 6.45) is -0.949. The number of amides is 2. The molecule has 0 aliphatic heterocycles. The topological polar surface area (TPSA) is 105 Å². The Bertz CT molecular complexity index is 1190. The molecule has 4 rings (SSSR count). The number of hydrogen-bond acceptors (Lipinski definition) is 4. The summed E-state index contributed by atoms with van der Waals surface area (Å²) in [4.78, 5) is 36.8. The smallest absolute Gasteiger partial charge is 0.408 e. The van der Waals surface area contributed by atoms with E-state index in [0.29, 0.717) is 5.56 Å². The van der Waals surface area contributed by atoms with Gasteiger partial charge in [-0.05, 0) is 41.7 Å². The Balaban J connectivity index is 1.48. The van der Waals surface area contributed by atoms with Crippen molar-refractivity contribution in [1.82, 2.24) is 10.6 Å². The molecule has 180 valence electrons. The van der Waals surface area contributed by atoms with Gasteiger partial charge in [0.15, 0.2) is 0 Å². The van der Waals surface area contributed by atoms with Crippen molar-refractivity contribution in [2.24, 2.45) is 0 Å². The van der Waals surface area contributed by atoms with Gasteiger partial charge in [0.2, 0.25) is 5.91 Å².